The number of alkyl halides is 3. The molecular formula is C10H18F3NO. The van der Waals surface area contributed by atoms with E-state index in [9.17, 15) is 13.2 Å². The molecule has 3 atom stereocenters. The molecule has 0 aromatic rings. The summed E-state index contributed by atoms with van der Waals surface area (Å²) in [6, 6.07) is 0.130. The van der Waals surface area contributed by atoms with Crippen molar-refractivity contribution >= 4 is 0 Å². The molecule has 0 spiro atoms. The average Bonchev–Trinajstić information content (AvgIpc) is 2.08. The summed E-state index contributed by atoms with van der Waals surface area (Å²) >= 11 is 0. The SMILES string of the molecule is CC1CCN(CC(O)C(F)(F)F)C(C)C1. The van der Waals surface area contributed by atoms with Gasteiger partial charge in [0.15, 0.2) is 6.10 Å². The number of hydrogen-bond acceptors (Lipinski definition) is 2. The van der Waals surface area contributed by atoms with Gasteiger partial charge in [-0.3, -0.25) is 4.90 Å². The monoisotopic (exact) mass is 225 g/mol. The molecule has 3 unspecified atom stereocenters. The maximum absolute atomic E-state index is 12.1. The maximum Gasteiger partial charge on any atom is 0.415 e. The predicted molar refractivity (Wildman–Crippen MR) is 51.5 cm³/mol. The summed E-state index contributed by atoms with van der Waals surface area (Å²) in [5, 5.41) is 8.95. The minimum Gasteiger partial charge on any atom is -0.382 e. The normalized spacial score (nSPS) is 31.6. The van der Waals surface area contributed by atoms with Crippen LogP contribution in [0.4, 0.5) is 13.2 Å². The molecule has 0 saturated carbocycles. The molecule has 1 aliphatic rings. The van der Waals surface area contributed by atoms with Crippen LogP contribution in [0.5, 0.6) is 0 Å². The Bertz CT molecular complexity index is 207. The lowest BCUT2D eigenvalue weighted by Gasteiger charge is -2.37. The lowest BCUT2D eigenvalue weighted by Crippen LogP contribution is -2.47. The van der Waals surface area contributed by atoms with E-state index in [-0.39, 0.29) is 12.6 Å². The van der Waals surface area contributed by atoms with Crippen LogP contribution in [-0.2, 0) is 0 Å². The summed E-state index contributed by atoms with van der Waals surface area (Å²) in [6.07, 6.45) is -4.89. The summed E-state index contributed by atoms with van der Waals surface area (Å²) in [4.78, 5) is 1.72. The second-order valence-corrected chi connectivity index (χ2v) is 4.53. The zero-order valence-electron chi connectivity index (χ0n) is 9.09. The Morgan fingerprint density at radius 1 is 1.40 bits per heavy atom. The molecule has 0 bridgehead atoms. The molecule has 1 fully saturated rings. The minimum atomic E-state index is -4.50. The molecule has 15 heavy (non-hydrogen) atoms. The van der Waals surface area contributed by atoms with Gasteiger partial charge in [0.25, 0.3) is 0 Å². The highest BCUT2D eigenvalue weighted by Crippen LogP contribution is 2.26. The van der Waals surface area contributed by atoms with E-state index in [2.05, 4.69) is 6.92 Å². The highest BCUT2D eigenvalue weighted by Gasteiger charge is 2.40. The van der Waals surface area contributed by atoms with Crippen molar-refractivity contribution in [2.45, 2.75) is 45.0 Å². The molecule has 1 heterocycles. The Morgan fingerprint density at radius 3 is 2.47 bits per heavy atom. The molecule has 5 heteroatoms. The van der Waals surface area contributed by atoms with Crippen molar-refractivity contribution in [1.29, 1.82) is 0 Å². The van der Waals surface area contributed by atoms with Gasteiger partial charge >= 0.3 is 6.18 Å². The van der Waals surface area contributed by atoms with E-state index >= 15 is 0 Å². The van der Waals surface area contributed by atoms with Crippen LogP contribution in [0.15, 0.2) is 0 Å². The van der Waals surface area contributed by atoms with E-state index in [0.717, 1.165) is 12.8 Å². The summed E-state index contributed by atoms with van der Waals surface area (Å²) in [5.41, 5.74) is 0. The van der Waals surface area contributed by atoms with Crippen molar-refractivity contribution in [3.63, 3.8) is 0 Å². The summed E-state index contributed by atoms with van der Waals surface area (Å²) < 4.78 is 36.4. The average molecular weight is 225 g/mol. The molecule has 2 nitrogen and oxygen atoms in total. The fourth-order valence-corrected chi connectivity index (χ4v) is 2.05. The molecule has 1 rings (SSSR count). The van der Waals surface area contributed by atoms with E-state index in [4.69, 9.17) is 5.11 Å². The third kappa shape index (κ3) is 3.65. The topological polar surface area (TPSA) is 23.5 Å². The first-order valence-corrected chi connectivity index (χ1v) is 5.29. The first-order valence-electron chi connectivity index (χ1n) is 5.29. The van der Waals surface area contributed by atoms with Gasteiger partial charge in [-0.05, 0) is 32.2 Å². The highest BCUT2D eigenvalue weighted by molar-refractivity contribution is 4.80. The highest BCUT2D eigenvalue weighted by atomic mass is 19.4. The third-order valence-electron chi connectivity index (χ3n) is 3.06. The van der Waals surface area contributed by atoms with Gasteiger partial charge < -0.3 is 5.11 Å². The molecule has 1 saturated heterocycles. The van der Waals surface area contributed by atoms with Gasteiger partial charge in [0.2, 0.25) is 0 Å². The van der Waals surface area contributed by atoms with Gasteiger partial charge in [0.05, 0.1) is 0 Å². The fraction of sp³-hybridized carbons (Fsp3) is 1.00. The number of aliphatic hydroxyl groups excluding tert-OH is 1. The van der Waals surface area contributed by atoms with Crippen LogP contribution in [-0.4, -0.2) is 41.4 Å². The summed E-state index contributed by atoms with van der Waals surface area (Å²) in [5.74, 6) is 0.569. The molecule has 0 amide bonds. The van der Waals surface area contributed by atoms with Crippen molar-refractivity contribution in [2.75, 3.05) is 13.1 Å². The van der Waals surface area contributed by atoms with Crippen LogP contribution >= 0.6 is 0 Å². The number of likely N-dealkylation sites (tertiary alicyclic amines) is 1. The fourth-order valence-electron chi connectivity index (χ4n) is 2.05. The van der Waals surface area contributed by atoms with Crippen molar-refractivity contribution in [3.8, 4) is 0 Å². The van der Waals surface area contributed by atoms with E-state index in [1.54, 1.807) is 4.90 Å². The second-order valence-electron chi connectivity index (χ2n) is 4.53. The Kier molecular flexibility index (Phi) is 4.00. The van der Waals surface area contributed by atoms with E-state index in [1.165, 1.54) is 0 Å². The van der Waals surface area contributed by atoms with Gasteiger partial charge in [0, 0.05) is 12.6 Å². The number of β-amino-alcohol motifs (C(OH)–C–C–N with tert-alkyl or cyclic N) is 1. The smallest absolute Gasteiger partial charge is 0.382 e. The summed E-state index contributed by atoms with van der Waals surface area (Å²) in [7, 11) is 0. The molecule has 90 valence electrons. The van der Waals surface area contributed by atoms with E-state index in [1.807, 2.05) is 6.92 Å². The molecular weight excluding hydrogens is 207 g/mol. The van der Waals surface area contributed by atoms with Crippen molar-refractivity contribution in [2.24, 2.45) is 5.92 Å². The number of aliphatic hydroxyl groups is 1. The van der Waals surface area contributed by atoms with Gasteiger partial charge in [-0.2, -0.15) is 13.2 Å². The third-order valence-corrected chi connectivity index (χ3v) is 3.06. The maximum atomic E-state index is 12.1. The zero-order valence-corrected chi connectivity index (χ0v) is 9.09. The minimum absolute atomic E-state index is 0.130. The Hall–Kier alpha value is -0.290. The van der Waals surface area contributed by atoms with Crippen molar-refractivity contribution in [1.82, 2.24) is 4.90 Å². The van der Waals surface area contributed by atoms with Crippen LogP contribution in [0.2, 0.25) is 0 Å². The standard InChI is InChI=1S/C10H18F3NO/c1-7-3-4-14(8(2)5-7)6-9(15)10(11,12)13/h7-9,15H,3-6H2,1-2H3. The number of rotatable bonds is 2. The number of hydrogen-bond donors (Lipinski definition) is 1. The van der Waals surface area contributed by atoms with Crippen LogP contribution in [0.1, 0.15) is 26.7 Å². The van der Waals surface area contributed by atoms with Crippen LogP contribution in [0.3, 0.4) is 0 Å². The van der Waals surface area contributed by atoms with Gasteiger partial charge in [-0.1, -0.05) is 6.92 Å². The van der Waals surface area contributed by atoms with E-state index in [0.29, 0.717) is 12.5 Å². The van der Waals surface area contributed by atoms with Crippen LogP contribution < -0.4 is 0 Å². The second kappa shape index (κ2) is 4.70. The predicted octanol–water partition coefficient (Wildman–Crippen LogP) is 2.03. The van der Waals surface area contributed by atoms with Crippen LogP contribution in [0.25, 0.3) is 0 Å². The number of piperidine rings is 1. The number of halogens is 3. The largest absolute Gasteiger partial charge is 0.415 e. The van der Waals surface area contributed by atoms with Gasteiger partial charge in [-0.25, -0.2) is 0 Å². The molecule has 0 radical (unpaired) electrons. The van der Waals surface area contributed by atoms with Gasteiger partial charge in [0.1, 0.15) is 0 Å². The molecule has 0 aromatic heterocycles. The first-order chi connectivity index (χ1) is 6.80. The Labute approximate surface area is 88.1 Å². The lowest BCUT2D eigenvalue weighted by molar-refractivity contribution is -0.210. The molecule has 0 aromatic carbocycles. The van der Waals surface area contributed by atoms with Gasteiger partial charge in [-0.15, -0.1) is 0 Å². The molecule has 0 aliphatic carbocycles. The van der Waals surface area contributed by atoms with Crippen LogP contribution in [0, 0.1) is 5.92 Å². The zero-order chi connectivity index (χ0) is 11.6. The lowest BCUT2D eigenvalue weighted by atomic mass is 9.93. The van der Waals surface area contributed by atoms with E-state index < -0.39 is 12.3 Å². The Balaban J connectivity index is 2.45. The summed E-state index contributed by atoms with van der Waals surface area (Å²) in [6.45, 7) is 4.37. The number of nitrogens with zero attached hydrogens (tertiary/aromatic N) is 1. The van der Waals surface area contributed by atoms with Crippen molar-refractivity contribution < 1.29 is 18.3 Å². The Morgan fingerprint density at radius 2 is 2.00 bits per heavy atom. The first kappa shape index (κ1) is 12.8. The quantitative estimate of drug-likeness (QED) is 0.777. The van der Waals surface area contributed by atoms with Crippen molar-refractivity contribution in [3.05, 3.63) is 0 Å². The molecule has 1 aliphatic heterocycles. The molecule has 1 N–H and O–H groups in total.